The molecule has 0 spiro atoms. The summed E-state index contributed by atoms with van der Waals surface area (Å²) in [5.74, 6) is -1.07. The van der Waals surface area contributed by atoms with Gasteiger partial charge in [0.1, 0.15) is 6.10 Å². The third kappa shape index (κ3) is 3.20. The first-order chi connectivity index (χ1) is 10.6. The number of cyclic esters (lactones) is 1. The van der Waals surface area contributed by atoms with E-state index >= 15 is 0 Å². The average Bonchev–Trinajstić information content (AvgIpc) is 2.90. The maximum Gasteiger partial charge on any atom is 0.307 e. The van der Waals surface area contributed by atoms with Crippen molar-refractivity contribution in [1.29, 1.82) is 0 Å². The molecule has 1 amide bonds. The number of amides is 1. The number of carbonyl (C=O) groups excluding carboxylic acids is 2. The lowest BCUT2D eigenvalue weighted by Crippen LogP contribution is -2.25. The van der Waals surface area contributed by atoms with Crippen molar-refractivity contribution in [2.75, 3.05) is 5.32 Å². The minimum atomic E-state index is -0.527. The summed E-state index contributed by atoms with van der Waals surface area (Å²) in [7, 11) is 0. The van der Waals surface area contributed by atoms with Gasteiger partial charge in [-0.3, -0.25) is 9.59 Å². The molecule has 5 heteroatoms. The van der Waals surface area contributed by atoms with E-state index in [1.54, 1.807) is 6.07 Å². The highest BCUT2D eigenvalue weighted by atomic mass is 79.9. The highest BCUT2D eigenvalue weighted by Gasteiger charge is 2.40. The molecule has 0 radical (unpaired) electrons. The van der Waals surface area contributed by atoms with Gasteiger partial charge in [-0.25, -0.2) is 0 Å². The van der Waals surface area contributed by atoms with Gasteiger partial charge in [0.2, 0.25) is 5.91 Å². The number of nitrogens with one attached hydrogen (secondary N) is 1. The Morgan fingerprint density at radius 3 is 2.64 bits per heavy atom. The van der Waals surface area contributed by atoms with Crippen molar-refractivity contribution >= 4 is 33.5 Å². The van der Waals surface area contributed by atoms with E-state index in [1.807, 2.05) is 48.5 Å². The SMILES string of the molecule is O=C1C[C@H](C(=O)Nc2cccc(Br)c2)[C@@H](c2ccccc2)O1. The normalized spacial score (nSPS) is 20.5. The molecule has 0 aromatic heterocycles. The molecule has 0 bridgehead atoms. The molecular formula is C17H14BrNO3. The molecule has 2 aromatic rings. The van der Waals surface area contributed by atoms with Gasteiger partial charge < -0.3 is 10.1 Å². The fourth-order valence-electron chi connectivity index (χ4n) is 2.53. The van der Waals surface area contributed by atoms with Crippen LogP contribution in [0.15, 0.2) is 59.1 Å². The second-order valence-electron chi connectivity index (χ2n) is 5.13. The maximum absolute atomic E-state index is 12.5. The highest BCUT2D eigenvalue weighted by molar-refractivity contribution is 9.10. The molecule has 0 unspecified atom stereocenters. The number of hydrogen-bond donors (Lipinski definition) is 1. The van der Waals surface area contributed by atoms with Crippen LogP contribution in [-0.4, -0.2) is 11.9 Å². The van der Waals surface area contributed by atoms with Gasteiger partial charge in [-0.2, -0.15) is 0 Å². The van der Waals surface area contributed by atoms with Gasteiger partial charge >= 0.3 is 5.97 Å². The van der Waals surface area contributed by atoms with Crippen LogP contribution in [0.1, 0.15) is 18.1 Å². The third-order valence-corrected chi connectivity index (χ3v) is 4.06. The van der Waals surface area contributed by atoms with Crippen LogP contribution in [0.3, 0.4) is 0 Å². The summed E-state index contributed by atoms with van der Waals surface area (Å²) in [6.07, 6.45) is -0.430. The first-order valence-electron chi connectivity index (χ1n) is 6.94. The standard InChI is InChI=1S/C17H14BrNO3/c18-12-7-4-8-13(9-12)19-17(21)14-10-15(20)22-16(14)11-5-2-1-3-6-11/h1-9,14,16H,10H2,(H,19,21)/t14-,16+/m0/s1. The lowest BCUT2D eigenvalue weighted by atomic mass is 9.94. The van der Waals surface area contributed by atoms with Gasteiger partial charge in [0, 0.05) is 10.2 Å². The van der Waals surface area contributed by atoms with Gasteiger partial charge in [0.05, 0.1) is 12.3 Å². The van der Waals surface area contributed by atoms with Crippen molar-refractivity contribution in [3.63, 3.8) is 0 Å². The number of esters is 1. The Labute approximate surface area is 136 Å². The monoisotopic (exact) mass is 359 g/mol. The van der Waals surface area contributed by atoms with E-state index in [1.165, 1.54) is 0 Å². The smallest absolute Gasteiger partial charge is 0.307 e. The van der Waals surface area contributed by atoms with Gasteiger partial charge in [-0.1, -0.05) is 52.3 Å². The topological polar surface area (TPSA) is 55.4 Å². The number of carbonyl (C=O) groups is 2. The van der Waals surface area contributed by atoms with E-state index in [2.05, 4.69) is 21.2 Å². The molecule has 2 aromatic carbocycles. The summed E-state index contributed by atoms with van der Waals surface area (Å²) < 4.78 is 6.21. The van der Waals surface area contributed by atoms with Gasteiger partial charge in [0.25, 0.3) is 0 Å². The number of halogens is 1. The first-order valence-corrected chi connectivity index (χ1v) is 7.73. The molecule has 1 fully saturated rings. The Hall–Kier alpha value is -2.14. The second-order valence-corrected chi connectivity index (χ2v) is 6.05. The molecule has 1 aliphatic rings. The molecule has 0 saturated carbocycles. The Morgan fingerprint density at radius 1 is 1.14 bits per heavy atom. The highest BCUT2D eigenvalue weighted by Crippen LogP contribution is 2.36. The summed E-state index contributed by atoms with van der Waals surface area (Å²) in [5.41, 5.74) is 1.52. The molecule has 0 aliphatic carbocycles. The van der Waals surface area contributed by atoms with Crippen LogP contribution in [0.5, 0.6) is 0 Å². The Kier molecular flexibility index (Phi) is 4.24. The van der Waals surface area contributed by atoms with E-state index in [-0.39, 0.29) is 18.3 Å². The largest absolute Gasteiger partial charge is 0.457 e. The summed E-state index contributed by atoms with van der Waals surface area (Å²) in [4.78, 5) is 24.1. The molecule has 3 rings (SSSR count). The average molecular weight is 360 g/mol. The number of anilines is 1. The Bertz CT molecular complexity index is 702. The van der Waals surface area contributed by atoms with E-state index < -0.39 is 12.0 Å². The van der Waals surface area contributed by atoms with Crippen molar-refractivity contribution in [3.8, 4) is 0 Å². The number of hydrogen-bond acceptors (Lipinski definition) is 3. The van der Waals surface area contributed by atoms with Crippen LogP contribution in [0, 0.1) is 5.92 Å². The van der Waals surface area contributed by atoms with E-state index in [0.29, 0.717) is 5.69 Å². The molecule has 4 nitrogen and oxygen atoms in total. The zero-order valence-electron chi connectivity index (χ0n) is 11.7. The molecule has 22 heavy (non-hydrogen) atoms. The minimum Gasteiger partial charge on any atom is -0.457 e. The first kappa shape index (κ1) is 14.8. The van der Waals surface area contributed by atoms with Crippen LogP contribution >= 0.6 is 15.9 Å². The van der Waals surface area contributed by atoms with Crippen LogP contribution in [0.4, 0.5) is 5.69 Å². The van der Waals surface area contributed by atoms with Crippen molar-refractivity contribution < 1.29 is 14.3 Å². The van der Waals surface area contributed by atoms with Crippen molar-refractivity contribution in [1.82, 2.24) is 0 Å². The molecule has 1 heterocycles. The zero-order valence-corrected chi connectivity index (χ0v) is 13.2. The van der Waals surface area contributed by atoms with Crippen LogP contribution in [-0.2, 0) is 14.3 Å². The zero-order chi connectivity index (χ0) is 15.5. The Balaban J connectivity index is 1.79. The van der Waals surface area contributed by atoms with Crippen molar-refractivity contribution in [2.24, 2.45) is 5.92 Å². The predicted molar refractivity (Wildman–Crippen MR) is 86.2 cm³/mol. The van der Waals surface area contributed by atoms with Crippen molar-refractivity contribution in [2.45, 2.75) is 12.5 Å². The van der Waals surface area contributed by atoms with Crippen LogP contribution in [0.2, 0.25) is 0 Å². The number of benzene rings is 2. The fraction of sp³-hybridized carbons (Fsp3) is 0.176. The lowest BCUT2D eigenvalue weighted by Gasteiger charge is -2.17. The summed E-state index contributed by atoms with van der Waals surface area (Å²) in [6, 6.07) is 16.7. The third-order valence-electron chi connectivity index (χ3n) is 3.57. The van der Waals surface area contributed by atoms with Gasteiger partial charge in [-0.05, 0) is 23.8 Å². The van der Waals surface area contributed by atoms with E-state index in [0.717, 1.165) is 10.0 Å². The van der Waals surface area contributed by atoms with Crippen LogP contribution in [0.25, 0.3) is 0 Å². The predicted octanol–water partition coefficient (Wildman–Crippen LogP) is 3.69. The lowest BCUT2D eigenvalue weighted by molar-refractivity contribution is -0.141. The van der Waals surface area contributed by atoms with E-state index in [4.69, 9.17) is 4.74 Å². The number of ether oxygens (including phenoxy) is 1. The summed E-state index contributed by atoms with van der Waals surface area (Å²) in [5, 5.41) is 2.84. The molecule has 2 atom stereocenters. The molecule has 1 aliphatic heterocycles. The van der Waals surface area contributed by atoms with Gasteiger partial charge in [-0.15, -0.1) is 0 Å². The van der Waals surface area contributed by atoms with Gasteiger partial charge in [0.15, 0.2) is 0 Å². The quantitative estimate of drug-likeness (QED) is 0.850. The number of rotatable bonds is 3. The molecule has 112 valence electrons. The maximum atomic E-state index is 12.5. The second kappa shape index (κ2) is 6.32. The summed E-state index contributed by atoms with van der Waals surface area (Å²) >= 11 is 3.36. The van der Waals surface area contributed by atoms with Crippen molar-refractivity contribution in [3.05, 3.63) is 64.6 Å². The minimum absolute atomic E-state index is 0.0966. The van der Waals surface area contributed by atoms with Crippen LogP contribution < -0.4 is 5.32 Å². The summed E-state index contributed by atoms with van der Waals surface area (Å²) in [6.45, 7) is 0. The molecule has 1 N–H and O–H groups in total. The Morgan fingerprint density at radius 2 is 1.91 bits per heavy atom. The van der Waals surface area contributed by atoms with E-state index in [9.17, 15) is 9.59 Å². The molecular weight excluding hydrogens is 346 g/mol. The fourth-order valence-corrected chi connectivity index (χ4v) is 2.93. The molecule has 1 saturated heterocycles.